The average molecular weight is 639 g/mol. The van der Waals surface area contributed by atoms with Gasteiger partial charge in [-0.1, -0.05) is 55.5 Å². The highest BCUT2D eigenvalue weighted by Crippen LogP contribution is 2.47. The summed E-state index contributed by atoms with van der Waals surface area (Å²) in [6, 6.07) is 18.9. The topological polar surface area (TPSA) is 145 Å². The number of anilines is 2. The first-order valence-electron chi connectivity index (χ1n) is 16.0. The highest BCUT2D eigenvalue weighted by atomic mass is 16.6. The number of fused-ring (bicyclic) bond motifs is 2. The molecule has 6 rings (SSSR count). The number of nitrogens with zero attached hydrogens (tertiary/aromatic N) is 4. The lowest BCUT2D eigenvalue weighted by molar-refractivity contribution is -0.385. The van der Waals surface area contributed by atoms with Crippen molar-refractivity contribution in [1.82, 2.24) is 4.90 Å². The molecule has 0 aliphatic carbocycles. The predicted octanol–water partition coefficient (Wildman–Crippen LogP) is 4.37. The summed E-state index contributed by atoms with van der Waals surface area (Å²) in [5, 5.41) is 33.8. The molecule has 3 aromatic rings. The fraction of sp³-hybridized carbons (Fsp3) is 0.361. The Morgan fingerprint density at radius 2 is 1.87 bits per heavy atom. The van der Waals surface area contributed by atoms with Gasteiger partial charge in [0.25, 0.3) is 11.6 Å². The summed E-state index contributed by atoms with van der Waals surface area (Å²) in [4.78, 5) is 55.9. The molecule has 11 nitrogen and oxygen atoms in total. The van der Waals surface area contributed by atoms with E-state index in [0.29, 0.717) is 31.6 Å². The number of nitro groups is 1. The van der Waals surface area contributed by atoms with Crippen molar-refractivity contribution in [3.8, 4) is 0 Å². The van der Waals surface area contributed by atoms with Gasteiger partial charge < -0.3 is 24.9 Å². The van der Waals surface area contributed by atoms with E-state index in [0.717, 1.165) is 35.2 Å². The highest BCUT2D eigenvalue weighted by molar-refractivity contribution is 6.07. The van der Waals surface area contributed by atoms with Crippen molar-refractivity contribution in [3.05, 3.63) is 111 Å². The third-order valence-corrected chi connectivity index (χ3v) is 9.61. The van der Waals surface area contributed by atoms with Gasteiger partial charge in [-0.15, -0.1) is 0 Å². The Hall–Kier alpha value is -4.87. The van der Waals surface area contributed by atoms with Crippen LogP contribution in [0.25, 0.3) is 0 Å². The molecule has 11 heteroatoms. The Balaban J connectivity index is 1.23. The lowest BCUT2D eigenvalue weighted by Crippen LogP contribution is -2.46. The molecule has 1 fully saturated rings. The second-order valence-electron chi connectivity index (χ2n) is 12.5. The van der Waals surface area contributed by atoms with E-state index in [-0.39, 0.29) is 48.7 Å². The van der Waals surface area contributed by atoms with Gasteiger partial charge in [0.1, 0.15) is 0 Å². The minimum Gasteiger partial charge on any atom is -0.394 e. The van der Waals surface area contributed by atoms with Crippen molar-refractivity contribution in [2.45, 2.75) is 63.8 Å². The second kappa shape index (κ2) is 13.1. The zero-order valence-corrected chi connectivity index (χ0v) is 26.2. The third-order valence-electron chi connectivity index (χ3n) is 9.61. The number of rotatable bonds is 9. The second-order valence-corrected chi connectivity index (χ2v) is 12.5. The third kappa shape index (κ3) is 6.04. The molecule has 1 saturated heterocycles. The van der Waals surface area contributed by atoms with Crippen LogP contribution in [-0.4, -0.2) is 57.0 Å². The van der Waals surface area contributed by atoms with Gasteiger partial charge in [0, 0.05) is 55.2 Å². The molecular formula is C36H38N4O7. The van der Waals surface area contributed by atoms with E-state index >= 15 is 0 Å². The monoisotopic (exact) mass is 638 g/mol. The summed E-state index contributed by atoms with van der Waals surface area (Å²) in [6.07, 6.45) is 5.98. The number of benzene rings is 3. The van der Waals surface area contributed by atoms with E-state index in [4.69, 9.17) is 0 Å². The first-order chi connectivity index (χ1) is 22.6. The Morgan fingerprint density at radius 3 is 2.62 bits per heavy atom. The van der Waals surface area contributed by atoms with Crippen LogP contribution in [0.4, 0.5) is 17.1 Å². The molecule has 0 spiro atoms. The summed E-state index contributed by atoms with van der Waals surface area (Å²) < 4.78 is 0. The number of hydrogen-bond acceptors (Lipinski definition) is 7. The number of aliphatic hydroxyl groups is 2. The molecule has 0 aromatic heterocycles. The Labute approximate surface area is 272 Å². The minimum absolute atomic E-state index is 0.0131. The number of non-ortho nitro benzene ring substituents is 1. The standard InChI is InChI=1S/C36H38N4O7/c1-24(8-6-14-34(43)38-22-27-11-3-2-10-26(27)19-30(38)23-41)36(45)31-20-29(40(46)47)15-16-32(31)39(35(36)44)21-25-9-7-12-28(18-25)37-17-5-4-13-33(37)42/h2-3,6-12,15-16,18,20,24,30,41,45H,4-5,13-14,17,19,21-23H2,1H3/b8-6+/t24-,30+,36+/m1/s1. The normalized spacial score (nSPS) is 21.6. The number of amides is 3. The minimum atomic E-state index is -2.13. The molecule has 3 aromatic carbocycles. The fourth-order valence-corrected chi connectivity index (χ4v) is 6.96. The van der Waals surface area contributed by atoms with Crippen LogP contribution in [0.3, 0.4) is 0 Å². The Bertz CT molecular complexity index is 1760. The van der Waals surface area contributed by atoms with E-state index in [1.165, 1.54) is 23.1 Å². The molecule has 3 heterocycles. The number of hydrogen-bond donors (Lipinski definition) is 2. The van der Waals surface area contributed by atoms with Gasteiger partial charge in [0.2, 0.25) is 11.8 Å². The van der Waals surface area contributed by atoms with E-state index in [1.54, 1.807) is 28.9 Å². The molecule has 47 heavy (non-hydrogen) atoms. The molecule has 3 atom stereocenters. The largest absolute Gasteiger partial charge is 0.394 e. The van der Waals surface area contributed by atoms with Gasteiger partial charge in [-0.25, -0.2) is 0 Å². The lowest BCUT2D eigenvalue weighted by Gasteiger charge is -2.36. The zero-order chi connectivity index (χ0) is 33.3. The average Bonchev–Trinajstić information content (AvgIpc) is 3.29. The molecular weight excluding hydrogens is 600 g/mol. The van der Waals surface area contributed by atoms with Gasteiger partial charge in [-0.2, -0.15) is 0 Å². The fourth-order valence-electron chi connectivity index (χ4n) is 6.96. The van der Waals surface area contributed by atoms with Crippen LogP contribution in [0, 0.1) is 16.0 Å². The van der Waals surface area contributed by atoms with Crippen molar-refractivity contribution in [2.24, 2.45) is 5.92 Å². The number of carbonyl (C=O) groups is 3. The molecule has 0 unspecified atom stereocenters. The summed E-state index contributed by atoms with van der Waals surface area (Å²) >= 11 is 0. The quantitative estimate of drug-likeness (QED) is 0.201. The molecule has 0 bridgehead atoms. The Morgan fingerprint density at radius 1 is 1.09 bits per heavy atom. The van der Waals surface area contributed by atoms with Crippen LogP contribution in [0.5, 0.6) is 0 Å². The molecule has 0 radical (unpaired) electrons. The number of carbonyl (C=O) groups excluding carboxylic acids is 3. The zero-order valence-electron chi connectivity index (χ0n) is 26.2. The van der Waals surface area contributed by atoms with E-state index in [1.807, 2.05) is 48.5 Å². The van der Waals surface area contributed by atoms with Crippen LogP contribution in [0.2, 0.25) is 0 Å². The SMILES string of the molecule is C[C@H](/C=C/CC(=O)N1Cc2ccccc2C[C@H]1CO)[C@@]1(O)C(=O)N(Cc2cccc(N3CCCCC3=O)c2)c2ccc([N+](=O)[O-])cc21. The number of nitro benzene ring substituents is 1. The van der Waals surface area contributed by atoms with Gasteiger partial charge in [-0.05, 0) is 54.2 Å². The number of piperidine rings is 1. The van der Waals surface area contributed by atoms with Crippen LogP contribution < -0.4 is 9.80 Å². The van der Waals surface area contributed by atoms with Gasteiger partial charge in [0.05, 0.1) is 29.8 Å². The molecule has 3 aliphatic rings. The molecule has 3 aliphatic heterocycles. The van der Waals surface area contributed by atoms with Crippen LogP contribution in [0.1, 0.15) is 54.9 Å². The van der Waals surface area contributed by atoms with Crippen LogP contribution >= 0.6 is 0 Å². The van der Waals surface area contributed by atoms with Crippen molar-refractivity contribution in [1.29, 1.82) is 0 Å². The maximum Gasteiger partial charge on any atom is 0.269 e. The predicted molar refractivity (Wildman–Crippen MR) is 175 cm³/mol. The van der Waals surface area contributed by atoms with Gasteiger partial charge in [0.15, 0.2) is 5.60 Å². The van der Waals surface area contributed by atoms with Crippen LogP contribution in [-0.2, 0) is 39.5 Å². The smallest absolute Gasteiger partial charge is 0.269 e. The number of aliphatic hydroxyl groups excluding tert-OH is 1. The van der Waals surface area contributed by atoms with Crippen molar-refractivity contribution in [2.75, 3.05) is 23.0 Å². The molecule has 3 amide bonds. The molecule has 244 valence electrons. The first kappa shape index (κ1) is 32.1. The maximum absolute atomic E-state index is 14.1. The van der Waals surface area contributed by atoms with Gasteiger partial charge >= 0.3 is 0 Å². The van der Waals surface area contributed by atoms with Crippen molar-refractivity contribution >= 4 is 34.8 Å². The van der Waals surface area contributed by atoms with Crippen LogP contribution in [0.15, 0.2) is 78.9 Å². The van der Waals surface area contributed by atoms with Gasteiger partial charge in [-0.3, -0.25) is 24.5 Å². The molecule has 0 saturated carbocycles. The Kier molecular flexibility index (Phi) is 8.94. The van der Waals surface area contributed by atoms with E-state index < -0.39 is 22.3 Å². The maximum atomic E-state index is 14.1. The summed E-state index contributed by atoms with van der Waals surface area (Å²) in [7, 11) is 0. The lowest BCUT2D eigenvalue weighted by atomic mass is 9.82. The molecule has 2 N–H and O–H groups in total. The first-order valence-corrected chi connectivity index (χ1v) is 16.0. The summed E-state index contributed by atoms with van der Waals surface area (Å²) in [5.74, 6) is -1.63. The van der Waals surface area contributed by atoms with E-state index in [2.05, 4.69) is 0 Å². The summed E-state index contributed by atoms with van der Waals surface area (Å²) in [6.45, 7) is 2.55. The van der Waals surface area contributed by atoms with Crippen molar-refractivity contribution < 1.29 is 29.5 Å². The summed E-state index contributed by atoms with van der Waals surface area (Å²) in [5.41, 5.74) is 1.70. The van der Waals surface area contributed by atoms with Crippen molar-refractivity contribution in [3.63, 3.8) is 0 Å². The highest BCUT2D eigenvalue weighted by Gasteiger charge is 2.53. The van der Waals surface area contributed by atoms with E-state index in [9.17, 15) is 34.7 Å².